The lowest BCUT2D eigenvalue weighted by atomic mass is 10.3. The minimum Gasteiger partial charge on any atom is -0.370 e. The Morgan fingerprint density at radius 2 is 2.31 bits per heavy atom. The van der Waals surface area contributed by atoms with E-state index in [1.54, 1.807) is 11.8 Å². The number of guanidine groups is 1. The Bertz CT molecular complexity index is 189. The van der Waals surface area contributed by atoms with Gasteiger partial charge in [-0.15, -0.1) is 0 Å². The van der Waals surface area contributed by atoms with Crippen molar-refractivity contribution in [1.82, 2.24) is 5.32 Å². The summed E-state index contributed by atoms with van der Waals surface area (Å²) in [5.74, 6) is 0.504. The summed E-state index contributed by atoms with van der Waals surface area (Å²) in [6.45, 7) is 9.29. The van der Waals surface area contributed by atoms with Gasteiger partial charge in [0.25, 0.3) is 0 Å². The minimum absolute atomic E-state index is 0.504. The molecule has 13 heavy (non-hydrogen) atoms. The topological polar surface area (TPSA) is 50.4 Å². The fourth-order valence-corrected chi connectivity index (χ4v) is 0.822. The van der Waals surface area contributed by atoms with Crippen LogP contribution in [0.15, 0.2) is 17.1 Å². The first-order valence-corrected chi connectivity index (χ1v) is 5.56. The Morgan fingerprint density at radius 1 is 1.69 bits per heavy atom. The van der Waals surface area contributed by atoms with Gasteiger partial charge < -0.3 is 11.1 Å². The van der Waals surface area contributed by atoms with Crippen molar-refractivity contribution in [3.8, 4) is 0 Å². The van der Waals surface area contributed by atoms with Crippen LogP contribution in [0.5, 0.6) is 0 Å². The normalized spacial score (nSPS) is 13.9. The molecule has 0 aromatic rings. The molecule has 3 N–H and O–H groups in total. The molecule has 0 saturated heterocycles. The van der Waals surface area contributed by atoms with E-state index in [4.69, 9.17) is 5.73 Å². The average molecular weight is 201 g/mol. The Labute approximate surface area is 84.9 Å². The zero-order chi connectivity index (χ0) is 10.3. The smallest absolute Gasteiger partial charge is 0.188 e. The van der Waals surface area contributed by atoms with Crippen LogP contribution in [0.25, 0.3) is 0 Å². The Morgan fingerprint density at radius 3 is 2.77 bits per heavy atom. The highest BCUT2D eigenvalue weighted by Gasteiger charge is 1.97. The van der Waals surface area contributed by atoms with E-state index in [1.165, 1.54) is 0 Å². The molecule has 0 aliphatic rings. The number of aliphatic imine (C=N–C) groups is 1. The van der Waals surface area contributed by atoms with Crippen molar-refractivity contribution < 1.29 is 0 Å². The summed E-state index contributed by atoms with van der Waals surface area (Å²) in [5.41, 5.74) is 6.67. The van der Waals surface area contributed by atoms with Gasteiger partial charge in [0.2, 0.25) is 0 Å². The van der Waals surface area contributed by atoms with Crippen molar-refractivity contribution in [2.75, 3.05) is 19.3 Å². The van der Waals surface area contributed by atoms with Gasteiger partial charge in [-0.3, -0.25) is 4.99 Å². The van der Waals surface area contributed by atoms with Crippen molar-refractivity contribution >= 4 is 17.7 Å². The van der Waals surface area contributed by atoms with Gasteiger partial charge in [-0.25, -0.2) is 0 Å². The summed E-state index contributed by atoms with van der Waals surface area (Å²) >= 11 is 1.78. The highest BCUT2D eigenvalue weighted by molar-refractivity contribution is 7.99. The number of nitrogens with one attached hydrogen (secondary N) is 1. The van der Waals surface area contributed by atoms with Crippen molar-refractivity contribution in [3.63, 3.8) is 0 Å². The maximum atomic E-state index is 5.61. The summed E-state index contributed by atoms with van der Waals surface area (Å²) in [4.78, 5) is 4.19. The highest BCUT2D eigenvalue weighted by Crippen LogP contribution is 2.03. The SMILES string of the molecule is C=C(C)CNC(N)=NCC(C)SC. The molecule has 0 heterocycles. The zero-order valence-corrected chi connectivity index (χ0v) is 9.45. The standard InChI is InChI=1S/C9H19N3S/c1-7(2)5-11-9(10)12-6-8(3)13-4/h8H,1,5-6H2,2-4H3,(H3,10,11,12). The van der Waals surface area contributed by atoms with Crippen LogP contribution in [0.4, 0.5) is 0 Å². The molecule has 1 unspecified atom stereocenters. The molecule has 3 nitrogen and oxygen atoms in total. The zero-order valence-electron chi connectivity index (χ0n) is 8.63. The van der Waals surface area contributed by atoms with Crippen molar-refractivity contribution in [3.05, 3.63) is 12.2 Å². The Kier molecular flexibility index (Phi) is 6.49. The Balaban J connectivity index is 3.68. The van der Waals surface area contributed by atoms with E-state index in [0.29, 0.717) is 17.8 Å². The third-order valence-corrected chi connectivity index (χ3v) is 2.45. The molecule has 0 saturated carbocycles. The summed E-state index contributed by atoms with van der Waals surface area (Å²) in [6.07, 6.45) is 2.07. The van der Waals surface area contributed by atoms with Crippen LogP contribution in [-0.2, 0) is 0 Å². The molecule has 0 aromatic carbocycles. The van der Waals surface area contributed by atoms with Crippen LogP contribution in [-0.4, -0.2) is 30.6 Å². The molecule has 4 heteroatoms. The highest BCUT2D eigenvalue weighted by atomic mass is 32.2. The lowest BCUT2D eigenvalue weighted by Crippen LogP contribution is -2.33. The van der Waals surface area contributed by atoms with E-state index in [-0.39, 0.29) is 0 Å². The first-order valence-electron chi connectivity index (χ1n) is 4.27. The van der Waals surface area contributed by atoms with Gasteiger partial charge in [0.1, 0.15) is 0 Å². The summed E-state index contributed by atoms with van der Waals surface area (Å²) in [7, 11) is 0. The predicted octanol–water partition coefficient (Wildman–Crippen LogP) is 1.22. The van der Waals surface area contributed by atoms with Crippen LogP contribution >= 0.6 is 11.8 Å². The van der Waals surface area contributed by atoms with Crippen LogP contribution < -0.4 is 11.1 Å². The summed E-state index contributed by atoms with van der Waals surface area (Å²) in [6, 6.07) is 0. The molecule has 1 atom stereocenters. The van der Waals surface area contributed by atoms with Gasteiger partial charge in [0.05, 0.1) is 6.54 Å². The maximum absolute atomic E-state index is 5.61. The van der Waals surface area contributed by atoms with Gasteiger partial charge in [-0.1, -0.05) is 19.1 Å². The van der Waals surface area contributed by atoms with E-state index >= 15 is 0 Å². The third-order valence-electron chi connectivity index (χ3n) is 1.49. The number of hydrogen-bond donors (Lipinski definition) is 2. The van der Waals surface area contributed by atoms with Crippen molar-refractivity contribution in [1.29, 1.82) is 0 Å². The second-order valence-electron chi connectivity index (χ2n) is 3.08. The van der Waals surface area contributed by atoms with E-state index in [1.807, 2.05) is 6.92 Å². The van der Waals surface area contributed by atoms with E-state index < -0.39 is 0 Å². The van der Waals surface area contributed by atoms with Crippen molar-refractivity contribution in [2.45, 2.75) is 19.1 Å². The van der Waals surface area contributed by atoms with Crippen LogP contribution in [0.1, 0.15) is 13.8 Å². The molecule has 0 aliphatic carbocycles. The average Bonchev–Trinajstić information content (AvgIpc) is 2.10. The molecular formula is C9H19N3S. The minimum atomic E-state index is 0.504. The third kappa shape index (κ3) is 7.71. The van der Waals surface area contributed by atoms with Gasteiger partial charge in [0.15, 0.2) is 5.96 Å². The summed E-state index contributed by atoms with van der Waals surface area (Å²) < 4.78 is 0. The molecule has 0 fully saturated rings. The van der Waals surface area contributed by atoms with E-state index in [0.717, 1.165) is 12.1 Å². The quantitative estimate of drug-likeness (QED) is 0.399. The second kappa shape index (κ2) is 6.83. The first kappa shape index (κ1) is 12.4. The predicted molar refractivity (Wildman–Crippen MR) is 62.3 cm³/mol. The molecule has 0 radical (unpaired) electrons. The molecule has 0 aliphatic heterocycles. The molecule has 0 amide bonds. The number of nitrogens with two attached hydrogens (primary N) is 1. The van der Waals surface area contributed by atoms with E-state index in [2.05, 4.69) is 30.1 Å². The van der Waals surface area contributed by atoms with Crippen molar-refractivity contribution in [2.24, 2.45) is 10.7 Å². The fourth-order valence-electron chi connectivity index (χ4n) is 0.599. The molecule has 0 bridgehead atoms. The van der Waals surface area contributed by atoms with Gasteiger partial charge in [0, 0.05) is 11.8 Å². The van der Waals surface area contributed by atoms with Crippen LogP contribution in [0, 0.1) is 0 Å². The van der Waals surface area contributed by atoms with E-state index in [9.17, 15) is 0 Å². The van der Waals surface area contributed by atoms with Crippen LogP contribution in [0.2, 0.25) is 0 Å². The second-order valence-corrected chi connectivity index (χ2v) is 4.36. The molecule has 0 rings (SSSR count). The lowest BCUT2D eigenvalue weighted by molar-refractivity contribution is 0.908. The van der Waals surface area contributed by atoms with Gasteiger partial charge in [-0.05, 0) is 13.2 Å². The van der Waals surface area contributed by atoms with Gasteiger partial charge >= 0.3 is 0 Å². The number of hydrogen-bond acceptors (Lipinski definition) is 2. The molecule has 0 aromatic heterocycles. The maximum Gasteiger partial charge on any atom is 0.188 e. The summed E-state index contributed by atoms with van der Waals surface area (Å²) in [5, 5.41) is 3.50. The number of rotatable bonds is 5. The number of nitrogens with zero attached hydrogens (tertiary/aromatic N) is 1. The molecule has 0 spiro atoms. The molecular weight excluding hydrogens is 182 g/mol. The monoisotopic (exact) mass is 201 g/mol. The Hall–Kier alpha value is -0.640. The first-order chi connectivity index (χ1) is 6.06. The number of thioether (sulfide) groups is 1. The largest absolute Gasteiger partial charge is 0.370 e. The molecule has 76 valence electrons. The van der Waals surface area contributed by atoms with Gasteiger partial charge in [-0.2, -0.15) is 11.8 Å². The van der Waals surface area contributed by atoms with Crippen LogP contribution in [0.3, 0.4) is 0 Å². The lowest BCUT2D eigenvalue weighted by Gasteiger charge is -2.07. The fraction of sp³-hybridized carbons (Fsp3) is 0.667.